The van der Waals surface area contributed by atoms with Crippen LogP contribution in [0, 0.1) is 25.2 Å². The molecule has 280 valence electrons. The van der Waals surface area contributed by atoms with Gasteiger partial charge in [-0.2, -0.15) is 5.26 Å². The number of likely N-dealkylation sites (N-methyl/N-ethyl adjacent to an activating group) is 1. The number of ether oxygens (including phenoxy) is 4. The number of nitrogens with zero attached hydrogens (tertiary/aromatic N) is 3. The summed E-state index contributed by atoms with van der Waals surface area (Å²) in [5.41, 5.74) is 5.32. The van der Waals surface area contributed by atoms with E-state index in [2.05, 4.69) is 49.4 Å². The summed E-state index contributed by atoms with van der Waals surface area (Å²) in [6.45, 7) is 10.7. The first kappa shape index (κ1) is 39.5. The molecule has 0 bridgehead atoms. The van der Waals surface area contributed by atoms with Gasteiger partial charge in [-0.25, -0.2) is 0 Å². The molecule has 2 heterocycles. The van der Waals surface area contributed by atoms with E-state index in [0.717, 1.165) is 77.3 Å². The number of aromatic nitrogens is 1. The molecule has 0 unspecified atom stereocenters. The molecule has 0 aliphatic carbocycles. The van der Waals surface area contributed by atoms with E-state index in [1.807, 2.05) is 24.3 Å². The SMILES string of the molecule is Cc1c(COc2cc(OCc3cncc(C#N)c3)c(CN[C@](C)(CO)C(=O)O)cc2Cl)cccc1-c1cccc(OCCC[N+]2(C)CCOCC2)c1C. The highest BCUT2D eigenvalue weighted by molar-refractivity contribution is 6.32. The number of nitriles is 1. The summed E-state index contributed by atoms with van der Waals surface area (Å²) < 4.78 is 25.3. The van der Waals surface area contributed by atoms with Crippen LogP contribution in [0.15, 0.2) is 67.0 Å². The number of nitrogens with one attached hydrogen (secondary N) is 1. The van der Waals surface area contributed by atoms with Gasteiger partial charge < -0.3 is 33.6 Å². The van der Waals surface area contributed by atoms with E-state index in [0.29, 0.717) is 39.8 Å². The standard InChI is InChI=1S/C41H47ClN4O7/c1-28-32(8-5-9-34(28)35-10-6-11-37(29(35)2)51-15-7-12-46(4)13-16-50-17-14-46)26-53-39-20-38(52-25-31-18-30(21-43)22-44-23-31)33(19-36(39)42)24-45-41(3,27-47)40(48)49/h5-6,8-11,18-20,22-23,45,47H,7,12-17,24-27H2,1-4H3/p+1/t41-/m1/s1. The largest absolute Gasteiger partial charge is 0.493 e. The molecule has 5 rings (SSSR count). The van der Waals surface area contributed by atoms with Gasteiger partial charge in [0.05, 0.1) is 50.6 Å². The summed E-state index contributed by atoms with van der Waals surface area (Å²) in [4.78, 5) is 15.9. The summed E-state index contributed by atoms with van der Waals surface area (Å²) in [5, 5.41) is 31.9. The number of rotatable bonds is 17. The van der Waals surface area contributed by atoms with Crippen LogP contribution in [-0.2, 0) is 29.3 Å². The molecule has 4 aromatic rings. The molecular formula is C41H48ClN4O7+. The second kappa shape index (κ2) is 17.9. The van der Waals surface area contributed by atoms with E-state index in [4.69, 9.17) is 30.5 Å². The molecule has 11 nitrogen and oxygen atoms in total. The van der Waals surface area contributed by atoms with Crippen molar-refractivity contribution < 1.29 is 38.4 Å². The van der Waals surface area contributed by atoms with Crippen LogP contribution in [0.5, 0.6) is 17.2 Å². The molecule has 3 N–H and O–H groups in total. The van der Waals surface area contributed by atoms with E-state index in [1.54, 1.807) is 24.4 Å². The third kappa shape index (κ3) is 10.0. The number of carboxylic acids is 1. The van der Waals surface area contributed by atoms with Gasteiger partial charge >= 0.3 is 5.97 Å². The van der Waals surface area contributed by atoms with Crippen molar-refractivity contribution in [2.75, 3.05) is 53.1 Å². The van der Waals surface area contributed by atoms with E-state index in [9.17, 15) is 20.3 Å². The van der Waals surface area contributed by atoms with Gasteiger partial charge in [-0.3, -0.25) is 15.1 Å². The van der Waals surface area contributed by atoms with Gasteiger partial charge in [0, 0.05) is 42.6 Å². The molecule has 1 aliphatic rings. The van der Waals surface area contributed by atoms with Crippen molar-refractivity contribution in [1.82, 2.24) is 10.3 Å². The van der Waals surface area contributed by atoms with Crippen molar-refractivity contribution in [1.29, 1.82) is 5.26 Å². The van der Waals surface area contributed by atoms with Gasteiger partial charge in [0.1, 0.15) is 55.2 Å². The molecule has 53 heavy (non-hydrogen) atoms. The molecule has 3 aromatic carbocycles. The molecule has 0 radical (unpaired) electrons. The van der Waals surface area contributed by atoms with Crippen molar-refractivity contribution in [3.63, 3.8) is 0 Å². The zero-order chi connectivity index (χ0) is 38.0. The number of aliphatic hydroxyl groups excluding tert-OH is 1. The summed E-state index contributed by atoms with van der Waals surface area (Å²) in [6, 6.07) is 19.4. The zero-order valence-corrected chi connectivity index (χ0v) is 31.5. The second-order valence-corrected chi connectivity index (χ2v) is 14.3. The van der Waals surface area contributed by atoms with E-state index < -0.39 is 18.1 Å². The minimum Gasteiger partial charge on any atom is -0.493 e. The zero-order valence-electron chi connectivity index (χ0n) is 30.8. The summed E-state index contributed by atoms with van der Waals surface area (Å²) >= 11 is 6.74. The van der Waals surface area contributed by atoms with Gasteiger partial charge in [-0.05, 0) is 66.8 Å². The van der Waals surface area contributed by atoms with Gasteiger partial charge in [0.25, 0.3) is 0 Å². The first-order chi connectivity index (χ1) is 25.4. The monoisotopic (exact) mass is 743 g/mol. The van der Waals surface area contributed by atoms with Gasteiger partial charge in [0.2, 0.25) is 0 Å². The quantitative estimate of drug-likeness (QED) is 0.0843. The van der Waals surface area contributed by atoms with Crippen LogP contribution >= 0.6 is 11.6 Å². The third-order valence-electron chi connectivity index (χ3n) is 9.94. The number of aliphatic carboxylic acids is 1. The number of halogens is 1. The van der Waals surface area contributed by atoms with Gasteiger partial charge in [-0.1, -0.05) is 41.9 Å². The number of hydrogen-bond donors (Lipinski definition) is 3. The summed E-state index contributed by atoms with van der Waals surface area (Å²) in [7, 11) is 2.29. The molecule has 1 aromatic heterocycles. The van der Waals surface area contributed by atoms with Crippen LogP contribution in [0.4, 0.5) is 0 Å². The Labute approximate surface area is 316 Å². The topological polar surface area (TPSA) is 143 Å². The normalized spacial score (nSPS) is 14.9. The highest BCUT2D eigenvalue weighted by Crippen LogP contribution is 2.36. The molecule has 0 saturated carbocycles. The summed E-state index contributed by atoms with van der Waals surface area (Å²) in [6.07, 6.45) is 4.04. The van der Waals surface area contributed by atoms with E-state index in [1.165, 1.54) is 13.1 Å². The lowest BCUT2D eigenvalue weighted by Crippen LogP contribution is -2.52. The van der Waals surface area contributed by atoms with Crippen molar-refractivity contribution in [3.8, 4) is 34.4 Å². The van der Waals surface area contributed by atoms with Crippen molar-refractivity contribution in [2.24, 2.45) is 0 Å². The van der Waals surface area contributed by atoms with Crippen molar-refractivity contribution >= 4 is 17.6 Å². The Kier molecular flexibility index (Phi) is 13.3. The van der Waals surface area contributed by atoms with E-state index >= 15 is 0 Å². The molecule has 1 atom stereocenters. The molecule has 1 saturated heterocycles. The van der Waals surface area contributed by atoms with Crippen molar-refractivity contribution in [2.45, 2.75) is 52.5 Å². The molecule has 0 spiro atoms. The maximum absolute atomic E-state index is 11.8. The number of benzene rings is 3. The Hall–Kier alpha value is -4.70. The number of quaternary nitrogens is 1. The number of aliphatic hydroxyl groups is 1. The minimum atomic E-state index is -1.58. The average Bonchev–Trinajstić information content (AvgIpc) is 3.16. The van der Waals surface area contributed by atoms with Crippen LogP contribution in [-0.4, -0.2) is 84.3 Å². The van der Waals surface area contributed by atoms with E-state index in [-0.39, 0.29) is 19.8 Å². The minimum absolute atomic E-state index is 0.0342. The first-order valence-electron chi connectivity index (χ1n) is 17.7. The molecule has 0 amide bonds. The molecule has 1 fully saturated rings. The smallest absolute Gasteiger partial charge is 0.326 e. The number of carbonyl (C=O) groups is 1. The predicted molar refractivity (Wildman–Crippen MR) is 202 cm³/mol. The summed E-state index contributed by atoms with van der Waals surface area (Å²) in [5.74, 6) is 0.445. The lowest BCUT2D eigenvalue weighted by molar-refractivity contribution is -0.917. The lowest BCUT2D eigenvalue weighted by atomic mass is 9.93. The number of pyridine rings is 1. The first-order valence-corrected chi connectivity index (χ1v) is 18.1. The Bertz CT molecular complexity index is 1940. The number of morpholine rings is 1. The van der Waals surface area contributed by atoms with Crippen LogP contribution in [0.3, 0.4) is 0 Å². The third-order valence-corrected chi connectivity index (χ3v) is 10.2. The highest BCUT2D eigenvalue weighted by atomic mass is 35.5. The van der Waals surface area contributed by atoms with Gasteiger partial charge in [-0.15, -0.1) is 0 Å². The Morgan fingerprint density at radius 3 is 2.42 bits per heavy atom. The van der Waals surface area contributed by atoms with Crippen LogP contribution in [0.2, 0.25) is 5.02 Å². The number of hydrogen-bond acceptors (Lipinski definition) is 9. The predicted octanol–water partition coefficient (Wildman–Crippen LogP) is 6.22. The highest BCUT2D eigenvalue weighted by Gasteiger charge is 2.32. The maximum atomic E-state index is 11.8. The number of carboxylic acid groups (broad SMARTS) is 1. The fraction of sp³-hybridized carbons (Fsp3) is 0.390. The Morgan fingerprint density at radius 1 is 0.981 bits per heavy atom. The average molecular weight is 744 g/mol. The lowest BCUT2D eigenvalue weighted by Gasteiger charge is -2.37. The van der Waals surface area contributed by atoms with Crippen LogP contribution in [0.1, 0.15) is 46.7 Å². The maximum Gasteiger partial charge on any atom is 0.326 e. The Balaban J connectivity index is 1.32. The molecule has 1 aliphatic heterocycles. The Morgan fingerprint density at radius 2 is 1.70 bits per heavy atom. The van der Waals surface area contributed by atoms with Crippen molar-refractivity contribution in [3.05, 3.63) is 105 Å². The molecule has 12 heteroatoms. The van der Waals surface area contributed by atoms with Crippen LogP contribution in [0.25, 0.3) is 11.1 Å². The van der Waals surface area contributed by atoms with Crippen LogP contribution < -0.4 is 19.5 Å². The fourth-order valence-corrected chi connectivity index (χ4v) is 6.46. The van der Waals surface area contributed by atoms with Gasteiger partial charge in [0.15, 0.2) is 0 Å². The fourth-order valence-electron chi connectivity index (χ4n) is 6.22. The second-order valence-electron chi connectivity index (χ2n) is 13.9. The molecular weight excluding hydrogens is 696 g/mol.